The van der Waals surface area contributed by atoms with Crippen LogP contribution in [0.4, 0.5) is 0 Å². The molecule has 1 fully saturated rings. The van der Waals surface area contributed by atoms with E-state index in [4.69, 9.17) is 5.73 Å². The van der Waals surface area contributed by atoms with Crippen molar-refractivity contribution in [3.63, 3.8) is 0 Å². The molecule has 66 valence electrons. The lowest BCUT2D eigenvalue weighted by Gasteiger charge is -2.17. The Labute approximate surface area is 77.6 Å². The van der Waals surface area contributed by atoms with Gasteiger partial charge in [-0.05, 0) is 42.2 Å². The molecular formula is C10H15NS. The summed E-state index contributed by atoms with van der Waals surface area (Å²) in [7, 11) is 0. The van der Waals surface area contributed by atoms with Crippen molar-refractivity contribution < 1.29 is 0 Å². The summed E-state index contributed by atoms with van der Waals surface area (Å²) in [4.78, 5) is 1.38. The maximum Gasteiger partial charge on any atom is 0.0446 e. The third-order valence-corrected chi connectivity index (χ3v) is 4.08. The zero-order valence-corrected chi connectivity index (χ0v) is 8.45. The summed E-state index contributed by atoms with van der Waals surface area (Å²) in [5.74, 6) is 0. The van der Waals surface area contributed by atoms with E-state index in [0.717, 1.165) is 0 Å². The van der Waals surface area contributed by atoms with E-state index in [1.165, 1.54) is 23.3 Å². The van der Waals surface area contributed by atoms with E-state index in [0.29, 0.717) is 5.41 Å². The van der Waals surface area contributed by atoms with Gasteiger partial charge in [0.1, 0.15) is 0 Å². The number of rotatable bonds is 2. The second kappa shape index (κ2) is 2.57. The van der Waals surface area contributed by atoms with Crippen LogP contribution in [-0.4, -0.2) is 0 Å². The molecule has 1 aliphatic carbocycles. The van der Waals surface area contributed by atoms with E-state index in [9.17, 15) is 0 Å². The molecule has 1 heterocycles. The van der Waals surface area contributed by atoms with E-state index in [2.05, 4.69) is 25.3 Å². The highest BCUT2D eigenvalue weighted by Crippen LogP contribution is 2.54. The van der Waals surface area contributed by atoms with Crippen LogP contribution in [0.5, 0.6) is 0 Å². The fourth-order valence-corrected chi connectivity index (χ4v) is 2.63. The van der Waals surface area contributed by atoms with Crippen LogP contribution in [0.2, 0.25) is 0 Å². The molecule has 12 heavy (non-hydrogen) atoms. The van der Waals surface area contributed by atoms with Gasteiger partial charge in [0.15, 0.2) is 0 Å². The van der Waals surface area contributed by atoms with Gasteiger partial charge in [-0.2, -0.15) is 0 Å². The van der Waals surface area contributed by atoms with Crippen molar-refractivity contribution in [1.82, 2.24) is 0 Å². The average molecular weight is 181 g/mol. The minimum absolute atomic E-state index is 0.275. The third-order valence-electron chi connectivity index (χ3n) is 2.97. The summed E-state index contributed by atoms with van der Waals surface area (Å²) in [5.41, 5.74) is 7.96. The lowest BCUT2D eigenvalue weighted by molar-refractivity contribution is 0.456. The van der Waals surface area contributed by atoms with Crippen LogP contribution >= 0.6 is 11.3 Å². The van der Waals surface area contributed by atoms with Crippen LogP contribution in [0.15, 0.2) is 11.4 Å². The lowest BCUT2D eigenvalue weighted by Crippen LogP contribution is -2.19. The molecule has 1 saturated carbocycles. The second-order valence-corrected chi connectivity index (χ2v) is 5.05. The Morgan fingerprint density at radius 2 is 2.25 bits per heavy atom. The van der Waals surface area contributed by atoms with E-state index < -0.39 is 0 Å². The van der Waals surface area contributed by atoms with E-state index in [1.807, 2.05) is 0 Å². The standard InChI is InChI=1S/C10H15NS/c1-7-3-6-12-8(7)9(11)10(2)4-5-10/h3,6,9H,4-5,11H2,1-2H3. The van der Waals surface area contributed by atoms with Gasteiger partial charge < -0.3 is 5.73 Å². The Bertz CT molecular complexity index is 286. The summed E-state index contributed by atoms with van der Waals surface area (Å²) in [5, 5.41) is 2.14. The Morgan fingerprint density at radius 1 is 1.58 bits per heavy atom. The van der Waals surface area contributed by atoms with Crippen molar-refractivity contribution in [2.75, 3.05) is 0 Å². The van der Waals surface area contributed by atoms with Crippen LogP contribution in [0.1, 0.15) is 36.2 Å². The van der Waals surface area contributed by atoms with E-state index in [1.54, 1.807) is 11.3 Å². The van der Waals surface area contributed by atoms with Crippen molar-refractivity contribution >= 4 is 11.3 Å². The molecule has 0 bridgehead atoms. The average Bonchev–Trinajstić information content (AvgIpc) is 2.63. The molecular weight excluding hydrogens is 166 g/mol. The molecule has 1 unspecified atom stereocenters. The Kier molecular flexibility index (Phi) is 1.77. The summed E-state index contributed by atoms with van der Waals surface area (Å²) >= 11 is 1.80. The van der Waals surface area contributed by atoms with Crippen LogP contribution in [-0.2, 0) is 0 Å². The molecule has 0 aliphatic heterocycles. The fourth-order valence-electron chi connectivity index (χ4n) is 1.53. The number of thiophene rings is 1. The van der Waals surface area contributed by atoms with Gasteiger partial charge in [0.05, 0.1) is 0 Å². The van der Waals surface area contributed by atoms with Crippen LogP contribution in [0.3, 0.4) is 0 Å². The number of hydrogen-bond acceptors (Lipinski definition) is 2. The van der Waals surface area contributed by atoms with Crippen molar-refractivity contribution in [3.8, 4) is 0 Å². The highest BCUT2D eigenvalue weighted by atomic mass is 32.1. The second-order valence-electron chi connectivity index (χ2n) is 4.10. The third kappa shape index (κ3) is 1.19. The zero-order chi connectivity index (χ0) is 8.77. The van der Waals surface area contributed by atoms with Gasteiger partial charge in [-0.3, -0.25) is 0 Å². The maximum atomic E-state index is 6.19. The zero-order valence-electron chi connectivity index (χ0n) is 7.63. The fraction of sp³-hybridized carbons (Fsp3) is 0.600. The molecule has 0 saturated heterocycles. The van der Waals surface area contributed by atoms with Crippen molar-refractivity contribution in [3.05, 3.63) is 21.9 Å². The molecule has 0 radical (unpaired) electrons. The SMILES string of the molecule is Cc1ccsc1C(N)C1(C)CC1. The molecule has 1 nitrogen and oxygen atoms in total. The Morgan fingerprint density at radius 3 is 2.67 bits per heavy atom. The molecule has 0 spiro atoms. The molecule has 1 atom stereocenters. The molecule has 1 aromatic rings. The van der Waals surface area contributed by atoms with Crippen LogP contribution < -0.4 is 5.73 Å². The first kappa shape index (κ1) is 8.27. The molecule has 0 aromatic carbocycles. The van der Waals surface area contributed by atoms with Crippen molar-refractivity contribution in [1.29, 1.82) is 0 Å². The summed E-state index contributed by atoms with van der Waals surface area (Å²) in [6, 6.07) is 2.43. The molecule has 2 heteroatoms. The summed E-state index contributed by atoms with van der Waals surface area (Å²) in [6.07, 6.45) is 2.59. The van der Waals surface area contributed by atoms with Gasteiger partial charge >= 0.3 is 0 Å². The molecule has 0 amide bonds. The largest absolute Gasteiger partial charge is 0.323 e. The Balaban J connectivity index is 2.25. The van der Waals surface area contributed by atoms with Gasteiger partial charge in [0, 0.05) is 10.9 Å². The molecule has 1 aromatic heterocycles. The molecule has 2 N–H and O–H groups in total. The Hall–Kier alpha value is -0.340. The van der Waals surface area contributed by atoms with E-state index in [-0.39, 0.29) is 6.04 Å². The first-order chi connectivity index (χ1) is 5.63. The van der Waals surface area contributed by atoms with Crippen molar-refractivity contribution in [2.24, 2.45) is 11.1 Å². The lowest BCUT2D eigenvalue weighted by atomic mass is 9.97. The van der Waals surface area contributed by atoms with Gasteiger partial charge in [-0.1, -0.05) is 6.92 Å². The topological polar surface area (TPSA) is 26.0 Å². The first-order valence-electron chi connectivity index (χ1n) is 4.43. The number of hydrogen-bond donors (Lipinski definition) is 1. The number of aryl methyl sites for hydroxylation is 1. The maximum absolute atomic E-state index is 6.19. The predicted octanol–water partition coefficient (Wildman–Crippen LogP) is 2.86. The van der Waals surface area contributed by atoms with Crippen LogP contribution in [0.25, 0.3) is 0 Å². The quantitative estimate of drug-likeness (QED) is 0.746. The summed E-state index contributed by atoms with van der Waals surface area (Å²) < 4.78 is 0. The van der Waals surface area contributed by atoms with E-state index >= 15 is 0 Å². The van der Waals surface area contributed by atoms with Gasteiger partial charge in [-0.15, -0.1) is 11.3 Å². The van der Waals surface area contributed by atoms with Gasteiger partial charge in [0.25, 0.3) is 0 Å². The van der Waals surface area contributed by atoms with Crippen molar-refractivity contribution in [2.45, 2.75) is 32.7 Å². The smallest absolute Gasteiger partial charge is 0.0446 e. The predicted molar refractivity (Wildman–Crippen MR) is 53.3 cm³/mol. The highest BCUT2D eigenvalue weighted by Gasteiger charge is 2.44. The minimum atomic E-state index is 0.275. The van der Waals surface area contributed by atoms with Gasteiger partial charge in [-0.25, -0.2) is 0 Å². The monoisotopic (exact) mass is 181 g/mol. The van der Waals surface area contributed by atoms with Gasteiger partial charge in [0.2, 0.25) is 0 Å². The van der Waals surface area contributed by atoms with Crippen LogP contribution in [0, 0.1) is 12.3 Å². The first-order valence-corrected chi connectivity index (χ1v) is 5.31. The molecule has 1 aliphatic rings. The summed E-state index contributed by atoms with van der Waals surface area (Å²) in [6.45, 7) is 4.44. The normalized spacial score (nSPS) is 22.2. The highest BCUT2D eigenvalue weighted by molar-refractivity contribution is 7.10. The minimum Gasteiger partial charge on any atom is -0.323 e. The number of nitrogens with two attached hydrogens (primary N) is 1. The molecule has 2 rings (SSSR count).